The number of nitrogens with one attached hydrogen (secondary N) is 1. The second kappa shape index (κ2) is 7.36. The molecule has 2 aromatic rings. The molecule has 108 valence electrons. The molecule has 0 aliphatic rings. The van der Waals surface area contributed by atoms with Crippen molar-refractivity contribution in [3.8, 4) is 0 Å². The number of hydrogen-bond donors (Lipinski definition) is 1. The minimum absolute atomic E-state index is 0.786. The second-order valence-electron chi connectivity index (χ2n) is 4.72. The van der Waals surface area contributed by atoms with Gasteiger partial charge < -0.3 is 5.32 Å². The van der Waals surface area contributed by atoms with Gasteiger partial charge in [-0.1, -0.05) is 13.0 Å². The summed E-state index contributed by atoms with van der Waals surface area (Å²) in [4.78, 5) is 12.9. The lowest BCUT2D eigenvalue weighted by Gasteiger charge is -2.19. The van der Waals surface area contributed by atoms with E-state index in [2.05, 4.69) is 51.5 Å². The quantitative estimate of drug-likeness (QED) is 0.849. The number of rotatable bonds is 7. The number of thiophene rings is 1. The second-order valence-corrected chi connectivity index (χ2v) is 5.76. The maximum Gasteiger partial charge on any atom is 0.144 e. The first-order valence-corrected chi connectivity index (χ1v) is 7.92. The van der Waals surface area contributed by atoms with Gasteiger partial charge in [-0.3, -0.25) is 4.90 Å². The van der Waals surface area contributed by atoms with E-state index in [1.807, 2.05) is 13.0 Å². The third-order valence-electron chi connectivity index (χ3n) is 3.03. The zero-order valence-corrected chi connectivity index (χ0v) is 13.2. The Morgan fingerprint density at radius 2 is 2.10 bits per heavy atom. The monoisotopic (exact) mass is 290 g/mol. The molecule has 0 saturated heterocycles. The molecule has 2 aromatic heterocycles. The Morgan fingerprint density at radius 3 is 2.75 bits per heavy atom. The van der Waals surface area contributed by atoms with E-state index in [-0.39, 0.29) is 0 Å². The lowest BCUT2D eigenvalue weighted by atomic mass is 10.3. The van der Waals surface area contributed by atoms with Crippen molar-refractivity contribution in [1.29, 1.82) is 0 Å². The highest BCUT2D eigenvalue weighted by Crippen LogP contribution is 2.14. The standard InChI is InChI=1S/C15H22N4S/c1-4-16-14-9-12(3)17-15(18-14)11-19(5-2)10-13-7-6-8-20-13/h6-9H,4-5,10-11H2,1-3H3,(H,16,17,18). The van der Waals surface area contributed by atoms with Gasteiger partial charge >= 0.3 is 0 Å². The lowest BCUT2D eigenvalue weighted by Crippen LogP contribution is -2.23. The fourth-order valence-corrected chi connectivity index (χ4v) is 2.82. The van der Waals surface area contributed by atoms with Crippen LogP contribution >= 0.6 is 11.3 Å². The highest BCUT2D eigenvalue weighted by molar-refractivity contribution is 7.09. The van der Waals surface area contributed by atoms with Crippen molar-refractivity contribution in [2.45, 2.75) is 33.9 Å². The number of aryl methyl sites for hydroxylation is 1. The molecule has 5 heteroatoms. The molecule has 0 bridgehead atoms. The fourth-order valence-electron chi connectivity index (χ4n) is 2.07. The zero-order valence-electron chi connectivity index (χ0n) is 12.4. The van der Waals surface area contributed by atoms with Crippen LogP contribution in [0, 0.1) is 6.92 Å². The normalized spacial score (nSPS) is 11.0. The molecule has 4 nitrogen and oxygen atoms in total. The van der Waals surface area contributed by atoms with Crippen LogP contribution in [0.15, 0.2) is 23.6 Å². The van der Waals surface area contributed by atoms with Crippen molar-refractivity contribution in [3.63, 3.8) is 0 Å². The van der Waals surface area contributed by atoms with E-state index in [1.165, 1.54) is 4.88 Å². The van der Waals surface area contributed by atoms with Gasteiger partial charge in [-0.15, -0.1) is 11.3 Å². The third-order valence-corrected chi connectivity index (χ3v) is 3.89. The van der Waals surface area contributed by atoms with E-state index in [0.717, 1.165) is 43.5 Å². The van der Waals surface area contributed by atoms with Crippen LogP contribution in [-0.4, -0.2) is 28.0 Å². The number of hydrogen-bond acceptors (Lipinski definition) is 5. The minimum atomic E-state index is 0.786. The van der Waals surface area contributed by atoms with Gasteiger partial charge in [-0.25, -0.2) is 9.97 Å². The van der Waals surface area contributed by atoms with Crippen molar-refractivity contribution in [3.05, 3.63) is 40.0 Å². The van der Waals surface area contributed by atoms with Gasteiger partial charge in [0.05, 0.1) is 6.54 Å². The molecule has 0 fully saturated rings. The lowest BCUT2D eigenvalue weighted by molar-refractivity contribution is 0.266. The summed E-state index contributed by atoms with van der Waals surface area (Å²) in [6, 6.07) is 6.26. The number of anilines is 1. The van der Waals surface area contributed by atoms with Crippen LogP contribution in [-0.2, 0) is 13.1 Å². The Kier molecular flexibility index (Phi) is 5.49. The van der Waals surface area contributed by atoms with E-state index in [9.17, 15) is 0 Å². The summed E-state index contributed by atoms with van der Waals surface area (Å²) in [5.41, 5.74) is 1.01. The van der Waals surface area contributed by atoms with Gasteiger partial charge in [0.2, 0.25) is 0 Å². The number of nitrogens with zero attached hydrogens (tertiary/aromatic N) is 3. The van der Waals surface area contributed by atoms with E-state index in [1.54, 1.807) is 11.3 Å². The summed E-state index contributed by atoms with van der Waals surface area (Å²) in [6.07, 6.45) is 0. The van der Waals surface area contributed by atoms with Gasteiger partial charge in [0.15, 0.2) is 0 Å². The van der Waals surface area contributed by atoms with Gasteiger partial charge in [-0.05, 0) is 31.8 Å². The van der Waals surface area contributed by atoms with E-state index >= 15 is 0 Å². The molecular weight excluding hydrogens is 268 g/mol. The molecule has 0 radical (unpaired) electrons. The van der Waals surface area contributed by atoms with Crippen molar-refractivity contribution in [2.24, 2.45) is 0 Å². The summed E-state index contributed by atoms with van der Waals surface area (Å²) in [5.74, 6) is 1.81. The smallest absolute Gasteiger partial charge is 0.144 e. The van der Waals surface area contributed by atoms with Crippen molar-refractivity contribution in [2.75, 3.05) is 18.4 Å². The van der Waals surface area contributed by atoms with Crippen molar-refractivity contribution < 1.29 is 0 Å². The highest BCUT2D eigenvalue weighted by Gasteiger charge is 2.09. The predicted molar refractivity (Wildman–Crippen MR) is 85.0 cm³/mol. The third kappa shape index (κ3) is 4.28. The molecule has 0 saturated carbocycles. The van der Waals surface area contributed by atoms with E-state index in [0.29, 0.717) is 0 Å². The van der Waals surface area contributed by atoms with Crippen molar-refractivity contribution >= 4 is 17.2 Å². The molecule has 0 unspecified atom stereocenters. The Bertz CT molecular complexity index is 525. The van der Waals surface area contributed by atoms with Crippen LogP contribution in [0.5, 0.6) is 0 Å². The molecule has 20 heavy (non-hydrogen) atoms. The largest absolute Gasteiger partial charge is 0.370 e. The summed E-state index contributed by atoms with van der Waals surface area (Å²) < 4.78 is 0. The molecule has 1 N–H and O–H groups in total. The summed E-state index contributed by atoms with van der Waals surface area (Å²) in [5, 5.41) is 5.38. The molecule has 0 spiro atoms. The van der Waals surface area contributed by atoms with Gasteiger partial charge in [0.1, 0.15) is 11.6 Å². The average molecular weight is 290 g/mol. The molecular formula is C15H22N4S. The van der Waals surface area contributed by atoms with Crippen LogP contribution in [0.2, 0.25) is 0 Å². The molecule has 0 aromatic carbocycles. The molecule has 0 aliphatic heterocycles. The van der Waals surface area contributed by atoms with Crippen LogP contribution in [0.25, 0.3) is 0 Å². The first kappa shape index (κ1) is 14.9. The molecule has 0 aliphatic carbocycles. The summed E-state index contributed by atoms with van der Waals surface area (Å²) in [7, 11) is 0. The molecule has 0 atom stereocenters. The van der Waals surface area contributed by atoms with Crippen LogP contribution in [0.1, 0.15) is 30.2 Å². The van der Waals surface area contributed by atoms with Crippen LogP contribution in [0.3, 0.4) is 0 Å². The first-order valence-electron chi connectivity index (χ1n) is 7.04. The molecule has 2 rings (SSSR count). The highest BCUT2D eigenvalue weighted by atomic mass is 32.1. The first-order chi connectivity index (χ1) is 9.71. The Balaban J connectivity index is 2.06. The summed E-state index contributed by atoms with van der Waals surface area (Å²) >= 11 is 1.80. The van der Waals surface area contributed by atoms with Gasteiger partial charge in [0.25, 0.3) is 0 Å². The maximum absolute atomic E-state index is 4.58. The van der Waals surface area contributed by atoms with Crippen molar-refractivity contribution in [1.82, 2.24) is 14.9 Å². The SMILES string of the molecule is CCNc1cc(C)nc(CN(CC)Cc2cccs2)n1. The predicted octanol–water partition coefficient (Wildman–Crippen LogP) is 3.30. The van der Waals surface area contributed by atoms with E-state index < -0.39 is 0 Å². The minimum Gasteiger partial charge on any atom is -0.370 e. The Labute approximate surface area is 124 Å². The van der Waals surface area contributed by atoms with Crippen LogP contribution < -0.4 is 5.32 Å². The fraction of sp³-hybridized carbons (Fsp3) is 0.467. The van der Waals surface area contributed by atoms with Gasteiger partial charge in [0, 0.05) is 29.7 Å². The maximum atomic E-state index is 4.58. The Morgan fingerprint density at radius 1 is 1.25 bits per heavy atom. The Hall–Kier alpha value is -1.46. The zero-order chi connectivity index (χ0) is 14.4. The van der Waals surface area contributed by atoms with Crippen LogP contribution in [0.4, 0.5) is 5.82 Å². The average Bonchev–Trinajstić information content (AvgIpc) is 2.90. The van der Waals surface area contributed by atoms with Gasteiger partial charge in [-0.2, -0.15) is 0 Å². The number of aromatic nitrogens is 2. The summed E-state index contributed by atoms with van der Waals surface area (Å²) in [6.45, 7) is 9.88. The van der Waals surface area contributed by atoms with E-state index in [4.69, 9.17) is 0 Å². The molecule has 2 heterocycles. The topological polar surface area (TPSA) is 41.1 Å². The molecule has 0 amide bonds.